The van der Waals surface area contributed by atoms with E-state index >= 15 is 0 Å². The summed E-state index contributed by atoms with van der Waals surface area (Å²) in [5.41, 5.74) is 6.77. The number of hydrogen-bond acceptors (Lipinski definition) is 0. The van der Waals surface area contributed by atoms with E-state index in [1.807, 2.05) is 0 Å². The van der Waals surface area contributed by atoms with Crippen LogP contribution in [0.25, 0.3) is 0 Å². The molecule has 0 fully saturated rings. The molecule has 1 aliphatic carbocycles. The van der Waals surface area contributed by atoms with Crippen molar-refractivity contribution in [2.24, 2.45) is 0 Å². The second kappa shape index (κ2) is 5.95. The fourth-order valence-corrected chi connectivity index (χ4v) is 4.56. The summed E-state index contributed by atoms with van der Waals surface area (Å²) in [5.74, 6) is 0. The standard InChI is InChI=1S/C15H25Si.Ti/c1-11-9-12-7-5-6-8-13(12)14(11)10-16-15(2,3)4;/h9H,5-8,10,16H2,1-4H3;/q-1;. The topological polar surface area (TPSA) is 0 Å². The minimum absolute atomic E-state index is 0. The van der Waals surface area contributed by atoms with Gasteiger partial charge in [0.1, 0.15) is 0 Å². The van der Waals surface area contributed by atoms with Crippen LogP contribution in [0, 0.1) is 6.92 Å². The Bertz CT molecular complexity index is 371. The van der Waals surface area contributed by atoms with E-state index in [0.717, 1.165) is 0 Å². The van der Waals surface area contributed by atoms with Gasteiger partial charge in [0.2, 0.25) is 0 Å². The van der Waals surface area contributed by atoms with Crippen molar-refractivity contribution in [3.8, 4) is 0 Å². The van der Waals surface area contributed by atoms with Crippen LogP contribution in [0.15, 0.2) is 6.07 Å². The first-order chi connectivity index (χ1) is 7.47. The van der Waals surface area contributed by atoms with Crippen LogP contribution in [-0.2, 0) is 40.6 Å². The number of hydrogen-bond donors (Lipinski definition) is 0. The van der Waals surface area contributed by atoms with Crippen molar-refractivity contribution in [2.75, 3.05) is 0 Å². The molecule has 0 nitrogen and oxygen atoms in total. The van der Waals surface area contributed by atoms with E-state index in [9.17, 15) is 0 Å². The third kappa shape index (κ3) is 3.87. The molecule has 1 aromatic carbocycles. The fourth-order valence-electron chi connectivity index (χ4n) is 2.87. The summed E-state index contributed by atoms with van der Waals surface area (Å²) in [4.78, 5) is 0. The van der Waals surface area contributed by atoms with E-state index < -0.39 is 0 Å². The molecule has 1 aliphatic rings. The van der Waals surface area contributed by atoms with Gasteiger partial charge in [0, 0.05) is 31.2 Å². The van der Waals surface area contributed by atoms with Gasteiger partial charge >= 0.3 is 0 Å². The Morgan fingerprint density at radius 1 is 1.24 bits per heavy atom. The smallest absolute Gasteiger partial charge is 0.0190 e. The van der Waals surface area contributed by atoms with Gasteiger partial charge in [-0.3, -0.25) is 0 Å². The Labute approximate surface area is 124 Å². The second-order valence-corrected chi connectivity index (χ2v) is 9.70. The van der Waals surface area contributed by atoms with Crippen LogP contribution < -0.4 is 0 Å². The maximum atomic E-state index is 2.47. The molecule has 0 heterocycles. The molecule has 0 saturated carbocycles. The van der Waals surface area contributed by atoms with E-state index in [0.29, 0.717) is 5.04 Å². The van der Waals surface area contributed by atoms with Crippen molar-refractivity contribution in [3.63, 3.8) is 0 Å². The molecule has 0 spiro atoms. The van der Waals surface area contributed by atoms with Gasteiger partial charge in [-0.15, -0.1) is 0 Å². The van der Waals surface area contributed by atoms with Crippen molar-refractivity contribution in [1.82, 2.24) is 0 Å². The molecule has 17 heavy (non-hydrogen) atoms. The third-order valence-electron chi connectivity index (χ3n) is 3.87. The molecule has 2 heteroatoms. The maximum absolute atomic E-state index is 2.47. The van der Waals surface area contributed by atoms with Gasteiger partial charge < -0.3 is 0 Å². The monoisotopic (exact) mass is 281 g/mol. The van der Waals surface area contributed by atoms with E-state index in [1.54, 1.807) is 22.3 Å². The predicted molar refractivity (Wildman–Crippen MR) is 75.4 cm³/mol. The van der Waals surface area contributed by atoms with Crippen LogP contribution in [0.2, 0.25) is 5.04 Å². The Balaban J connectivity index is 0.00000144. The van der Waals surface area contributed by atoms with Gasteiger partial charge in [0.15, 0.2) is 0 Å². The first-order valence-corrected chi connectivity index (χ1v) is 8.45. The molecular formula is C15H25SiTi-. The average Bonchev–Trinajstić information content (AvgIpc) is 2.49. The van der Waals surface area contributed by atoms with Crippen LogP contribution in [0.5, 0.6) is 0 Å². The zero-order chi connectivity index (χ0) is 11.8. The molecule has 0 radical (unpaired) electrons. The van der Waals surface area contributed by atoms with Crippen molar-refractivity contribution in [2.45, 2.75) is 64.5 Å². The SMILES string of the molecule is Cc1cc2c([c-]1C[SiH2]C(C)(C)C)CCCC2.[Ti]. The van der Waals surface area contributed by atoms with Gasteiger partial charge in [0.25, 0.3) is 0 Å². The largest absolute Gasteiger partial charge is 0.207 e. The molecule has 0 unspecified atom stereocenters. The average molecular weight is 281 g/mol. The zero-order valence-electron chi connectivity index (χ0n) is 11.8. The number of aryl methyl sites for hydroxylation is 2. The third-order valence-corrected chi connectivity index (χ3v) is 6.12. The van der Waals surface area contributed by atoms with Gasteiger partial charge in [0.05, 0.1) is 0 Å². The fraction of sp³-hybridized carbons (Fsp3) is 0.667. The summed E-state index contributed by atoms with van der Waals surface area (Å²) < 4.78 is 0. The summed E-state index contributed by atoms with van der Waals surface area (Å²) in [6, 6.07) is 3.89. The van der Waals surface area contributed by atoms with E-state index in [2.05, 4.69) is 33.8 Å². The van der Waals surface area contributed by atoms with Crippen LogP contribution in [-0.4, -0.2) is 9.52 Å². The number of fused-ring (bicyclic) bond motifs is 1. The summed E-state index contributed by atoms with van der Waals surface area (Å²) in [7, 11) is 0.0290. The van der Waals surface area contributed by atoms with E-state index in [1.165, 1.54) is 31.7 Å². The molecule has 0 bridgehead atoms. The van der Waals surface area contributed by atoms with E-state index in [-0.39, 0.29) is 31.2 Å². The molecule has 0 aromatic heterocycles. The molecule has 94 valence electrons. The van der Waals surface area contributed by atoms with Crippen LogP contribution in [0.4, 0.5) is 0 Å². The van der Waals surface area contributed by atoms with Crippen LogP contribution in [0.3, 0.4) is 0 Å². The normalized spacial score (nSPS) is 16.0. The molecule has 0 aliphatic heterocycles. The number of rotatable bonds is 2. The minimum atomic E-state index is 0. The Morgan fingerprint density at radius 2 is 1.88 bits per heavy atom. The Morgan fingerprint density at radius 3 is 2.53 bits per heavy atom. The van der Waals surface area contributed by atoms with Gasteiger partial charge in [-0.1, -0.05) is 59.4 Å². The van der Waals surface area contributed by atoms with Gasteiger partial charge in [-0.05, 0) is 5.04 Å². The second-order valence-electron chi connectivity index (χ2n) is 6.58. The Kier molecular flexibility index (Phi) is 5.37. The van der Waals surface area contributed by atoms with Crippen molar-refractivity contribution in [3.05, 3.63) is 28.3 Å². The molecule has 0 amide bonds. The zero-order valence-corrected chi connectivity index (χ0v) is 14.8. The molecule has 1 aromatic rings. The van der Waals surface area contributed by atoms with Crippen molar-refractivity contribution in [1.29, 1.82) is 0 Å². The summed E-state index contributed by atoms with van der Waals surface area (Å²) in [5, 5.41) is 0.602. The van der Waals surface area contributed by atoms with Gasteiger partial charge in [-0.2, -0.15) is 22.3 Å². The molecule has 0 N–H and O–H groups in total. The van der Waals surface area contributed by atoms with Crippen molar-refractivity contribution < 1.29 is 21.7 Å². The molecule has 0 atom stereocenters. The molecule has 2 rings (SSSR count). The summed E-state index contributed by atoms with van der Waals surface area (Å²) in [6.07, 6.45) is 5.53. The minimum Gasteiger partial charge on any atom is -0.207 e. The van der Waals surface area contributed by atoms with E-state index in [4.69, 9.17) is 0 Å². The maximum Gasteiger partial charge on any atom is 0.0190 e. The van der Waals surface area contributed by atoms with Crippen molar-refractivity contribution >= 4 is 9.52 Å². The van der Waals surface area contributed by atoms with Crippen LogP contribution in [0.1, 0.15) is 55.9 Å². The molecular weight excluding hydrogens is 256 g/mol. The quantitative estimate of drug-likeness (QED) is 0.575. The van der Waals surface area contributed by atoms with Crippen LogP contribution >= 0.6 is 0 Å². The first-order valence-electron chi connectivity index (χ1n) is 6.74. The van der Waals surface area contributed by atoms with Gasteiger partial charge in [-0.25, -0.2) is 6.07 Å². The Hall–Kier alpha value is 0.281. The molecule has 0 saturated heterocycles. The first kappa shape index (κ1) is 15.3. The summed E-state index contributed by atoms with van der Waals surface area (Å²) >= 11 is 0. The summed E-state index contributed by atoms with van der Waals surface area (Å²) in [6.45, 7) is 9.54. The predicted octanol–water partition coefficient (Wildman–Crippen LogP) is 3.48.